The minimum atomic E-state index is -0.648. The van der Waals surface area contributed by atoms with Crippen molar-refractivity contribution in [1.82, 2.24) is 0 Å². The van der Waals surface area contributed by atoms with Crippen molar-refractivity contribution < 1.29 is 9.34 Å². The molecule has 1 rings (SSSR count). The van der Waals surface area contributed by atoms with Crippen LogP contribution in [0.1, 0.15) is 5.76 Å². The number of azide groups is 1. The molecule has 0 unspecified atom stereocenters. The first-order chi connectivity index (χ1) is 6.24. The van der Waals surface area contributed by atoms with E-state index in [1.54, 1.807) is 0 Å². The Bertz CT molecular complexity index is 388. The van der Waals surface area contributed by atoms with Crippen molar-refractivity contribution in [2.45, 2.75) is 0 Å². The Labute approximate surface area is 72.1 Å². The first kappa shape index (κ1) is 8.82. The minimum Gasteiger partial charge on any atom is -0.401 e. The molecular weight excluding hydrogens is 176 g/mol. The van der Waals surface area contributed by atoms with E-state index >= 15 is 0 Å². The second-order valence-electron chi connectivity index (χ2n) is 1.95. The topological polar surface area (TPSA) is 105 Å². The predicted octanol–water partition coefficient (Wildman–Crippen LogP) is 2.47. The van der Waals surface area contributed by atoms with Crippen LogP contribution in [-0.2, 0) is 0 Å². The minimum absolute atomic E-state index is 0.263. The fraction of sp³-hybridized carbons (Fsp3) is 0. The lowest BCUT2D eigenvalue weighted by Gasteiger charge is -1.81. The zero-order valence-corrected chi connectivity index (χ0v) is 6.32. The predicted molar refractivity (Wildman–Crippen MR) is 43.5 cm³/mol. The fourth-order valence-electron chi connectivity index (χ4n) is 0.667. The van der Waals surface area contributed by atoms with E-state index < -0.39 is 4.92 Å². The maximum atomic E-state index is 10.1. The van der Waals surface area contributed by atoms with E-state index in [1.165, 1.54) is 18.2 Å². The number of hydrogen-bond donors (Lipinski definition) is 0. The lowest BCUT2D eigenvalue weighted by molar-refractivity contribution is -0.402. The monoisotopic (exact) mass is 180 g/mol. The molecule has 0 radical (unpaired) electrons. The van der Waals surface area contributed by atoms with Crippen molar-refractivity contribution in [2.75, 3.05) is 0 Å². The summed E-state index contributed by atoms with van der Waals surface area (Å²) in [5, 5.41) is 13.2. The normalized spacial score (nSPS) is 9.85. The third-order valence-electron chi connectivity index (χ3n) is 1.15. The average molecular weight is 180 g/mol. The Hall–Kier alpha value is -2.27. The molecule has 0 atom stereocenters. The summed E-state index contributed by atoms with van der Waals surface area (Å²) >= 11 is 0. The third-order valence-corrected chi connectivity index (χ3v) is 1.15. The molecule has 0 N–H and O–H groups in total. The molecular formula is C6H4N4O3. The summed E-state index contributed by atoms with van der Waals surface area (Å²) in [5.74, 6) is -0.0836. The first-order valence-electron chi connectivity index (χ1n) is 3.19. The zero-order valence-electron chi connectivity index (χ0n) is 6.32. The number of furan rings is 1. The fourth-order valence-corrected chi connectivity index (χ4v) is 0.667. The zero-order chi connectivity index (χ0) is 9.68. The Kier molecular flexibility index (Phi) is 2.67. The van der Waals surface area contributed by atoms with Crippen LogP contribution in [0, 0.1) is 10.1 Å². The van der Waals surface area contributed by atoms with Gasteiger partial charge in [-0.05, 0) is 17.7 Å². The highest BCUT2D eigenvalue weighted by atomic mass is 16.6. The number of nitro groups is 1. The smallest absolute Gasteiger partial charge is 0.401 e. The van der Waals surface area contributed by atoms with Crippen molar-refractivity contribution >= 4 is 12.0 Å². The van der Waals surface area contributed by atoms with Gasteiger partial charge in [0, 0.05) is 11.1 Å². The Morgan fingerprint density at radius 2 is 2.46 bits per heavy atom. The molecule has 0 aliphatic rings. The largest absolute Gasteiger partial charge is 0.433 e. The molecule has 0 bridgehead atoms. The molecule has 1 heterocycles. The SMILES string of the molecule is [N-]=[N+]=NC=Cc1ccc([N+](=O)[O-])o1. The number of rotatable bonds is 3. The molecule has 7 heteroatoms. The van der Waals surface area contributed by atoms with Crippen molar-refractivity contribution in [2.24, 2.45) is 5.11 Å². The van der Waals surface area contributed by atoms with Crippen molar-refractivity contribution in [3.63, 3.8) is 0 Å². The van der Waals surface area contributed by atoms with Crippen molar-refractivity contribution in [3.8, 4) is 0 Å². The Balaban J connectivity index is 2.80. The van der Waals surface area contributed by atoms with E-state index in [2.05, 4.69) is 10.0 Å². The van der Waals surface area contributed by atoms with Gasteiger partial charge in [0.15, 0.2) is 0 Å². The van der Waals surface area contributed by atoms with E-state index in [0.717, 1.165) is 6.20 Å². The lowest BCUT2D eigenvalue weighted by Crippen LogP contribution is -1.82. The maximum Gasteiger partial charge on any atom is 0.433 e. The molecule has 0 aliphatic carbocycles. The summed E-state index contributed by atoms with van der Waals surface area (Å²) in [6.07, 6.45) is 2.47. The van der Waals surface area contributed by atoms with Crippen LogP contribution in [0.4, 0.5) is 5.88 Å². The molecule has 0 spiro atoms. The van der Waals surface area contributed by atoms with Gasteiger partial charge in [0.2, 0.25) is 0 Å². The Morgan fingerprint density at radius 1 is 1.69 bits per heavy atom. The molecule has 0 aromatic carbocycles. The molecule has 0 saturated carbocycles. The highest BCUT2D eigenvalue weighted by Gasteiger charge is 2.09. The van der Waals surface area contributed by atoms with Gasteiger partial charge >= 0.3 is 5.88 Å². The second-order valence-corrected chi connectivity index (χ2v) is 1.95. The van der Waals surface area contributed by atoms with E-state index in [-0.39, 0.29) is 11.6 Å². The van der Waals surface area contributed by atoms with E-state index in [0.29, 0.717) is 0 Å². The lowest BCUT2D eigenvalue weighted by atomic mass is 10.4. The molecule has 1 aromatic rings. The molecule has 66 valence electrons. The van der Waals surface area contributed by atoms with Gasteiger partial charge in [-0.25, -0.2) is 0 Å². The number of hydrogen-bond acceptors (Lipinski definition) is 4. The summed E-state index contributed by atoms with van der Waals surface area (Å²) in [5.41, 5.74) is 7.91. The molecule has 0 aliphatic heterocycles. The molecule has 1 aromatic heterocycles. The van der Waals surface area contributed by atoms with Crippen LogP contribution >= 0.6 is 0 Å². The first-order valence-corrected chi connectivity index (χ1v) is 3.19. The van der Waals surface area contributed by atoms with E-state index in [1.807, 2.05) is 0 Å². The van der Waals surface area contributed by atoms with E-state index in [4.69, 9.17) is 9.95 Å². The molecule has 13 heavy (non-hydrogen) atoms. The third kappa shape index (κ3) is 2.35. The highest BCUT2D eigenvalue weighted by Crippen LogP contribution is 2.16. The average Bonchev–Trinajstić information content (AvgIpc) is 2.53. The highest BCUT2D eigenvalue weighted by molar-refractivity contribution is 5.44. The summed E-state index contributed by atoms with van der Waals surface area (Å²) < 4.78 is 4.72. The van der Waals surface area contributed by atoms with Crippen LogP contribution in [0.25, 0.3) is 16.5 Å². The Morgan fingerprint density at radius 3 is 3.00 bits per heavy atom. The van der Waals surface area contributed by atoms with Gasteiger partial charge < -0.3 is 4.42 Å². The van der Waals surface area contributed by atoms with Gasteiger partial charge in [-0.2, -0.15) is 0 Å². The summed E-state index contributed by atoms with van der Waals surface area (Å²) in [6, 6.07) is 2.62. The standard InChI is InChI=1S/C6H4N4O3/c7-9-8-4-3-5-1-2-6(13-5)10(11)12/h1-4H. The van der Waals surface area contributed by atoms with Crippen LogP contribution in [0.15, 0.2) is 27.9 Å². The summed E-state index contributed by atoms with van der Waals surface area (Å²) in [6.45, 7) is 0. The maximum absolute atomic E-state index is 10.1. The van der Waals surface area contributed by atoms with Gasteiger partial charge in [0.1, 0.15) is 10.7 Å². The van der Waals surface area contributed by atoms with Crippen LogP contribution < -0.4 is 0 Å². The van der Waals surface area contributed by atoms with Crippen LogP contribution in [0.3, 0.4) is 0 Å². The summed E-state index contributed by atoms with van der Waals surface area (Å²) in [4.78, 5) is 12.0. The molecule has 0 fully saturated rings. The van der Waals surface area contributed by atoms with Crippen LogP contribution in [-0.4, -0.2) is 4.92 Å². The van der Waals surface area contributed by atoms with Crippen LogP contribution in [0.2, 0.25) is 0 Å². The van der Waals surface area contributed by atoms with Gasteiger partial charge in [0.05, 0.1) is 6.07 Å². The van der Waals surface area contributed by atoms with Crippen molar-refractivity contribution in [1.29, 1.82) is 0 Å². The van der Waals surface area contributed by atoms with Gasteiger partial charge in [-0.1, -0.05) is 5.11 Å². The second kappa shape index (κ2) is 3.93. The van der Waals surface area contributed by atoms with Crippen molar-refractivity contribution in [3.05, 3.63) is 44.7 Å². The van der Waals surface area contributed by atoms with Gasteiger partial charge in [0.25, 0.3) is 0 Å². The molecule has 0 amide bonds. The van der Waals surface area contributed by atoms with Crippen LogP contribution in [0.5, 0.6) is 0 Å². The van der Waals surface area contributed by atoms with Gasteiger partial charge in [-0.3, -0.25) is 10.1 Å². The quantitative estimate of drug-likeness (QED) is 0.234. The van der Waals surface area contributed by atoms with Gasteiger partial charge in [-0.15, -0.1) is 0 Å². The summed E-state index contributed by atoms with van der Waals surface area (Å²) in [7, 11) is 0. The number of nitrogens with zero attached hydrogens (tertiary/aromatic N) is 4. The molecule has 7 nitrogen and oxygen atoms in total. The van der Waals surface area contributed by atoms with E-state index in [9.17, 15) is 10.1 Å². The molecule has 0 saturated heterocycles.